The van der Waals surface area contributed by atoms with Gasteiger partial charge in [0, 0.05) is 9.64 Å². The van der Waals surface area contributed by atoms with E-state index in [2.05, 4.69) is 60.6 Å². The van der Waals surface area contributed by atoms with Crippen LogP contribution in [-0.2, 0) is 12.8 Å². The quantitative estimate of drug-likeness (QED) is 0.690. The third-order valence-corrected chi connectivity index (χ3v) is 4.52. The van der Waals surface area contributed by atoms with Crippen LogP contribution in [0.25, 0.3) is 0 Å². The van der Waals surface area contributed by atoms with Crippen LogP contribution in [0.3, 0.4) is 0 Å². The first kappa shape index (κ1) is 17.4. The highest BCUT2D eigenvalue weighted by molar-refractivity contribution is 8.00. The highest BCUT2D eigenvalue weighted by atomic mass is 32.2. The average molecular weight is 295 g/mol. The third-order valence-electron chi connectivity index (χ3n) is 3.35. The lowest BCUT2D eigenvalue weighted by atomic mass is 9.86. The summed E-state index contributed by atoms with van der Waals surface area (Å²) in [6.07, 6.45) is 2.92. The van der Waals surface area contributed by atoms with Crippen molar-refractivity contribution in [2.24, 2.45) is 5.41 Å². The van der Waals surface area contributed by atoms with Crippen LogP contribution in [0.4, 0.5) is 0 Å². The molecule has 1 nitrogen and oxygen atoms in total. The number of phenols is 1. The van der Waals surface area contributed by atoms with Gasteiger partial charge in [0.1, 0.15) is 5.75 Å². The van der Waals surface area contributed by atoms with Crippen LogP contribution in [-0.4, -0.2) is 9.85 Å². The third kappa shape index (κ3) is 5.05. The Hall–Kier alpha value is -0.630. The highest BCUT2D eigenvalue weighted by Crippen LogP contribution is 2.42. The molecule has 0 fully saturated rings. The van der Waals surface area contributed by atoms with Gasteiger partial charge in [0.15, 0.2) is 0 Å². The van der Waals surface area contributed by atoms with Crippen LogP contribution in [0.15, 0.2) is 17.0 Å². The Labute approximate surface area is 129 Å². The maximum atomic E-state index is 10.2. The fraction of sp³-hybridized carbons (Fsp3) is 0.667. The Kier molecular flexibility index (Phi) is 5.60. The van der Waals surface area contributed by atoms with Crippen LogP contribution in [0, 0.1) is 5.41 Å². The second-order valence-electron chi connectivity index (χ2n) is 7.40. The summed E-state index contributed by atoms with van der Waals surface area (Å²) in [7, 11) is 0. The van der Waals surface area contributed by atoms with Crippen molar-refractivity contribution in [1.29, 1.82) is 0 Å². The summed E-state index contributed by atoms with van der Waals surface area (Å²) in [5, 5.41) is 10.2. The fourth-order valence-electron chi connectivity index (χ4n) is 2.96. The van der Waals surface area contributed by atoms with Gasteiger partial charge in [-0.2, -0.15) is 0 Å². The Bertz CT molecular complexity index is 430. The Morgan fingerprint density at radius 3 is 1.75 bits per heavy atom. The van der Waals surface area contributed by atoms with E-state index in [-0.39, 0.29) is 4.75 Å². The highest BCUT2D eigenvalue weighted by Gasteiger charge is 2.27. The monoisotopic (exact) mass is 294 g/mol. The molecule has 0 saturated carbocycles. The standard InChI is InChI=1S/C18H30OS/c1-8-13-10-15(11-14(9-2)16(13)19)20-18(6,7)12-17(3,4)5/h10-11,19H,8-9,12H2,1-7H3. The van der Waals surface area contributed by atoms with Crippen molar-refractivity contribution in [3.8, 4) is 5.75 Å². The average Bonchev–Trinajstić information content (AvgIpc) is 2.27. The minimum Gasteiger partial charge on any atom is -0.507 e. The first-order chi connectivity index (χ1) is 9.08. The van der Waals surface area contributed by atoms with Gasteiger partial charge >= 0.3 is 0 Å². The summed E-state index contributed by atoms with van der Waals surface area (Å²) in [6.45, 7) is 15.7. The second kappa shape index (κ2) is 6.43. The molecule has 0 aliphatic carbocycles. The molecule has 2 heteroatoms. The smallest absolute Gasteiger partial charge is 0.122 e. The van der Waals surface area contributed by atoms with Gasteiger partial charge in [0.25, 0.3) is 0 Å². The van der Waals surface area contributed by atoms with Gasteiger partial charge < -0.3 is 5.11 Å². The molecule has 20 heavy (non-hydrogen) atoms. The van der Waals surface area contributed by atoms with E-state index in [0.29, 0.717) is 11.2 Å². The van der Waals surface area contributed by atoms with Gasteiger partial charge in [-0.3, -0.25) is 0 Å². The molecule has 0 amide bonds. The molecule has 0 radical (unpaired) electrons. The number of rotatable bonds is 5. The van der Waals surface area contributed by atoms with E-state index in [9.17, 15) is 5.11 Å². The first-order valence-electron chi connectivity index (χ1n) is 7.61. The number of aromatic hydroxyl groups is 1. The molecule has 0 aromatic heterocycles. The topological polar surface area (TPSA) is 20.2 Å². The lowest BCUT2D eigenvalue weighted by Crippen LogP contribution is -2.23. The number of aryl methyl sites for hydroxylation is 2. The Morgan fingerprint density at radius 1 is 0.950 bits per heavy atom. The summed E-state index contributed by atoms with van der Waals surface area (Å²) in [5.41, 5.74) is 2.46. The summed E-state index contributed by atoms with van der Waals surface area (Å²) in [5.74, 6) is 0.493. The van der Waals surface area contributed by atoms with Crippen molar-refractivity contribution in [3.05, 3.63) is 23.3 Å². The van der Waals surface area contributed by atoms with Crippen LogP contribution in [0.1, 0.15) is 66.0 Å². The molecule has 1 aromatic rings. The van der Waals surface area contributed by atoms with Crippen molar-refractivity contribution in [2.75, 3.05) is 0 Å². The predicted octanol–water partition coefficient (Wildman–Crippen LogP) is 5.82. The maximum Gasteiger partial charge on any atom is 0.122 e. The summed E-state index contributed by atoms with van der Waals surface area (Å²) < 4.78 is 0.200. The molecule has 1 rings (SSSR count). The molecule has 1 aromatic carbocycles. The Morgan fingerprint density at radius 2 is 1.40 bits per heavy atom. The molecule has 0 heterocycles. The van der Waals surface area contributed by atoms with E-state index >= 15 is 0 Å². The largest absolute Gasteiger partial charge is 0.507 e. The molecule has 0 aliphatic rings. The summed E-state index contributed by atoms with van der Waals surface area (Å²) in [6, 6.07) is 4.31. The van der Waals surface area contributed by atoms with Crippen molar-refractivity contribution < 1.29 is 5.11 Å². The minimum absolute atomic E-state index is 0.200. The maximum absolute atomic E-state index is 10.2. The lowest BCUT2D eigenvalue weighted by molar-refractivity contribution is 0.339. The van der Waals surface area contributed by atoms with Crippen molar-refractivity contribution in [2.45, 2.75) is 77.4 Å². The predicted molar refractivity (Wildman–Crippen MR) is 90.9 cm³/mol. The molecule has 0 unspecified atom stereocenters. The number of phenolic OH excluding ortho intramolecular Hbond substituents is 1. The van der Waals surface area contributed by atoms with Crippen LogP contribution >= 0.6 is 11.8 Å². The molecule has 0 aliphatic heterocycles. The van der Waals surface area contributed by atoms with Crippen LogP contribution < -0.4 is 0 Å². The van der Waals surface area contributed by atoms with E-state index in [0.717, 1.165) is 30.4 Å². The zero-order valence-electron chi connectivity index (χ0n) is 14.1. The summed E-state index contributed by atoms with van der Waals surface area (Å²) in [4.78, 5) is 1.28. The van der Waals surface area contributed by atoms with E-state index in [1.807, 2.05) is 11.8 Å². The van der Waals surface area contributed by atoms with E-state index in [1.165, 1.54) is 4.90 Å². The molecule has 0 saturated heterocycles. The zero-order chi connectivity index (χ0) is 15.6. The summed E-state index contributed by atoms with van der Waals surface area (Å²) >= 11 is 1.93. The Balaban J connectivity index is 3.03. The van der Waals surface area contributed by atoms with Crippen LogP contribution in [0.5, 0.6) is 5.75 Å². The van der Waals surface area contributed by atoms with Gasteiger partial charge in [-0.15, -0.1) is 11.8 Å². The zero-order valence-corrected chi connectivity index (χ0v) is 14.9. The van der Waals surface area contributed by atoms with Gasteiger partial charge in [0.05, 0.1) is 0 Å². The number of thioether (sulfide) groups is 1. The van der Waals surface area contributed by atoms with Crippen LogP contribution in [0.2, 0.25) is 0 Å². The minimum atomic E-state index is 0.200. The molecule has 1 N–H and O–H groups in total. The molecule has 0 spiro atoms. The van der Waals surface area contributed by atoms with Crippen molar-refractivity contribution in [1.82, 2.24) is 0 Å². The molecule has 0 bridgehead atoms. The molecular weight excluding hydrogens is 264 g/mol. The first-order valence-corrected chi connectivity index (χ1v) is 8.43. The lowest BCUT2D eigenvalue weighted by Gasteiger charge is -2.32. The number of benzene rings is 1. The van der Waals surface area contributed by atoms with Gasteiger partial charge in [-0.05, 0) is 47.9 Å². The van der Waals surface area contributed by atoms with Crippen molar-refractivity contribution >= 4 is 11.8 Å². The van der Waals surface area contributed by atoms with Gasteiger partial charge in [-0.1, -0.05) is 48.5 Å². The number of hydrogen-bond acceptors (Lipinski definition) is 2. The fourth-order valence-corrected chi connectivity index (χ4v) is 4.50. The second-order valence-corrected chi connectivity index (χ2v) is 9.18. The van der Waals surface area contributed by atoms with E-state index in [4.69, 9.17) is 0 Å². The van der Waals surface area contributed by atoms with Crippen molar-refractivity contribution in [3.63, 3.8) is 0 Å². The molecule has 114 valence electrons. The van der Waals surface area contributed by atoms with E-state index < -0.39 is 0 Å². The van der Waals surface area contributed by atoms with E-state index in [1.54, 1.807) is 0 Å². The SMILES string of the molecule is CCc1cc(SC(C)(C)CC(C)(C)C)cc(CC)c1O. The number of hydrogen-bond donors (Lipinski definition) is 1. The van der Waals surface area contributed by atoms with Gasteiger partial charge in [-0.25, -0.2) is 0 Å². The molecular formula is C18H30OS. The normalized spacial score (nSPS) is 12.8. The molecule has 0 atom stereocenters. The van der Waals surface area contributed by atoms with Gasteiger partial charge in [0.2, 0.25) is 0 Å².